The quantitative estimate of drug-likeness (QED) is 0.552. The second kappa shape index (κ2) is 4.46. The average molecular weight is 286 g/mol. The number of carbonyl (C=O) groups is 1. The summed E-state index contributed by atoms with van der Waals surface area (Å²) in [7, 11) is 0. The van der Waals surface area contributed by atoms with E-state index in [4.69, 9.17) is 0 Å². The van der Waals surface area contributed by atoms with Crippen LogP contribution in [-0.4, -0.2) is 5.78 Å². The monoisotopic (exact) mass is 286 g/mol. The predicted molar refractivity (Wildman–Crippen MR) is 85.9 cm³/mol. The van der Waals surface area contributed by atoms with Gasteiger partial charge in [0.25, 0.3) is 0 Å². The van der Waals surface area contributed by atoms with Gasteiger partial charge in [-0.25, -0.2) is 0 Å². The van der Waals surface area contributed by atoms with Crippen molar-refractivity contribution in [2.24, 2.45) is 28.6 Å². The van der Waals surface area contributed by atoms with Gasteiger partial charge in [0.2, 0.25) is 0 Å². The molecule has 0 amide bonds. The van der Waals surface area contributed by atoms with Crippen LogP contribution in [0.5, 0.6) is 0 Å². The SMILES string of the molecule is CC1(C)CCC2=C1CC[C@@H]1[C@@H]2CC[C@@H]2CC(=O)CC[C@]21C. The molecule has 4 aliphatic carbocycles. The van der Waals surface area contributed by atoms with E-state index in [2.05, 4.69) is 20.8 Å². The van der Waals surface area contributed by atoms with Crippen LogP contribution in [-0.2, 0) is 4.79 Å². The summed E-state index contributed by atoms with van der Waals surface area (Å²) >= 11 is 0. The summed E-state index contributed by atoms with van der Waals surface area (Å²) in [5, 5.41) is 0. The van der Waals surface area contributed by atoms with Crippen LogP contribution in [0.1, 0.15) is 78.6 Å². The Morgan fingerprint density at radius 3 is 2.57 bits per heavy atom. The first kappa shape index (κ1) is 14.0. The smallest absolute Gasteiger partial charge is 0.133 e. The van der Waals surface area contributed by atoms with Crippen LogP contribution >= 0.6 is 0 Å². The zero-order chi connectivity index (χ0) is 14.8. The Bertz CT molecular complexity index is 512. The van der Waals surface area contributed by atoms with Crippen molar-refractivity contribution < 1.29 is 4.79 Å². The Balaban J connectivity index is 1.68. The summed E-state index contributed by atoms with van der Waals surface area (Å²) in [6.45, 7) is 7.46. The van der Waals surface area contributed by atoms with E-state index in [1.54, 1.807) is 0 Å². The molecule has 4 aliphatic rings. The molecule has 1 nitrogen and oxygen atoms in total. The van der Waals surface area contributed by atoms with E-state index < -0.39 is 0 Å². The number of hydrogen-bond acceptors (Lipinski definition) is 1. The van der Waals surface area contributed by atoms with Crippen molar-refractivity contribution in [3.05, 3.63) is 11.1 Å². The molecule has 0 radical (unpaired) electrons. The maximum absolute atomic E-state index is 11.9. The van der Waals surface area contributed by atoms with Gasteiger partial charge in [0.15, 0.2) is 0 Å². The molecule has 2 saturated carbocycles. The second-order valence-corrected chi connectivity index (χ2v) is 9.16. The lowest BCUT2D eigenvalue weighted by atomic mass is 9.49. The highest BCUT2D eigenvalue weighted by molar-refractivity contribution is 5.79. The third-order valence-corrected chi connectivity index (χ3v) is 7.88. The van der Waals surface area contributed by atoms with Crippen molar-refractivity contribution in [1.29, 1.82) is 0 Å². The molecule has 4 atom stereocenters. The van der Waals surface area contributed by atoms with Crippen molar-refractivity contribution >= 4 is 5.78 Å². The van der Waals surface area contributed by atoms with Crippen molar-refractivity contribution in [3.63, 3.8) is 0 Å². The maximum atomic E-state index is 11.9. The van der Waals surface area contributed by atoms with E-state index in [0.29, 0.717) is 22.5 Å². The molecular formula is C20H30O. The molecule has 0 spiro atoms. The van der Waals surface area contributed by atoms with Gasteiger partial charge in [-0.1, -0.05) is 31.9 Å². The van der Waals surface area contributed by atoms with Gasteiger partial charge in [0, 0.05) is 12.8 Å². The van der Waals surface area contributed by atoms with Crippen LogP contribution in [0, 0.1) is 28.6 Å². The highest BCUT2D eigenvalue weighted by Crippen LogP contribution is 2.63. The molecule has 116 valence electrons. The Labute approximate surface area is 129 Å². The lowest BCUT2D eigenvalue weighted by Gasteiger charge is -2.55. The molecule has 2 fully saturated rings. The van der Waals surface area contributed by atoms with Crippen LogP contribution in [0.25, 0.3) is 0 Å². The predicted octanol–water partition coefficient (Wildman–Crippen LogP) is 5.30. The fourth-order valence-electron chi connectivity index (χ4n) is 6.52. The maximum Gasteiger partial charge on any atom is 0.133 e. The molecular weight excluding hydrogens is 256 g/mol. The van der Waals surface area contributed by atoms with Crippen molar-refractivity contribution in [2.75, 3.05) is 0 Å². The Morgan fingerprint density at radius 2 is 1.76 bits per heavy atom. The van der Waals surface area contributed by atoms with Crippen molar-refractivity contribution in [3.8, 4) is 0 Å². The van der Waals surface area contributed by atoms with E-state index in [9.17, 15) is 4.79 Å². The van der Waals surface area contributed by atoms with Gasteiger partial charge in [-0.05, 0) is 73.5 Å². The van der Waals surface area contributed by atoms with Gasteiger partial charge in [-0.15, -0.1) is 0 Å². The highest BCUT2D eigenvalue weighted by Gasteiger charge is 2.53. The van der Waals surface area contributed by atoms with E-state index in [0.717, 1.165) is 24.7 Å². The van der Waals surface area contributed by atoms with E-state index >= 15 is 0 Å². The summed E-state index contributed by atoms with van der Waals surface area (Å²) in [6.07, 6.45) is 11.1. The zero-order valence-electron chi connectivity index (χ0n) is 14.0. The Hall–Kier alpha value is -0.590. The van der Waals surface area contributed by atoms with Gasteiger partial charge in [-0.3, -0.25) is 4.79 Å². The summed E-state index contributed by atoms with van der Waals surface area (Å²) < 4.78 is 0. The Morgan fingerprint density at radius 1 is 0.952 bits per heavy atom. The van der Waals surface area contributed by atoms with Crippen LogP contribution in [0.3, 0.4) is 0 Å². The summed E-state index contributed by atoms with van der Waals surface area (Å²) in [5.41, 5.74) is 4.63. The molecule has 0 aromatic heterocycles. The Kier molecular flexibility index (Phi) is 2.98. The van der Waals surface area contributed by atoms with E-state index in [1.165, 1.54) is 44.9 Å². The fraction of sp³-hybridized carbons (Fsp3) is 0.850. The largest absolute Gasteiger partial charge is 0.300 e. The molecule has 1 heteroatoms. The van der Waals surface area contributed by atoms with Crippen LogP contribution in [0.4, 0.5) is 0 Å². The summed E-state index contributed by atoms with van der Waals surface area (Å²) in [6, 6.07) is 0. The zero-order valence-corrected chi connectivity index (χ0v) is 14.0. The molecule has 0 bridgehead atoms. The van der Waals surface area contributed by atoms with Gasteiger partial charge < -0.3 is 0 Å². The minimum absolute atomic E-state index is 0.460. The van der Waals surface area contributed by atoms with Crippen molar-refractivity contribution in [2.45, 2.75) is 78.6 Å². The van der Waals surface area contributed by atoms with Crippen LogP contribution in [0.15, 0.2) is 11.1 Å². The number of rotatable bonds is 0. The molecule has 0 saturated heterocycles. The number of fused-ring (bicyclic) bond motifs is 4. The number of hydrogen-bond donors (Lipinski definition) is 0. The number of ketones is 1. The minimum Gasteiger partial charge on any atom is -0.300 e. The molecule has 0 N–H and O–H groups in total. The number of carbonyl (C=O) groups excluding carboxylic acids is 1. The van der Waals surface area contributed by atoms with Gasteiger partial charge in [0.1, 0.15) is 5.78 Å². The molecule has 4 rings (SSSR count). The first-order valence-corrected chi connectivity index (χ1v) is 9.16. The first-order valence-electron chi connectivity index (χ1n) is 9.16. The molecule has 0 aliphatic heterocycles. The molecule has 21 heavy (non-hydrogen) atoms. The van der Waals surface area contributed by atoms with Crippen molar-refractivity contribution in [1.82, 2.24) is 0 Å². The summed E-state index contributed by atoms with van der Waals surface area (Å²) in [5.74, 6) is 2.96. The average Bonchev–Trinajstić information content (AvgIpc) is 2.76. The lowest BCUT2D eigenvalue weighted by molar-refractivity contribution is -0.129. The number of allylic oxidation sites excluding steroid dienone is 2. The van der Waals surface area contributed by atoms with Crippen LogP contribution < -0.4 is 0 Å². The van der Waals surface area contributed by atoms with Crippen LogP contribution in [0.2, 0.25) is 0 Å². The first-order chi connectivity index (χ1) is 9.92. The third kappa shape index (κ3) is 1.92. The normalized spacial score (nSPS) is 45.1. The number of Topliss-reactive ketones (excluding diaryl/α,β-unsaturated/α-hetero) is 1. The standard InChI is InChI=1S/C20H30O/c1-19(2)10-9-16-15-5-4-13-12-14(21)8-11-20(13,3)18(15)7-6-17(16)19/h13,15,18H,4-12H2,1-3H3/t13-,15-,18-,20-/m1/s1. The highest BCUT2D eigenvalue weighted by atomic mass is 16.1. The molecule has 0 aromatic carbocycles. The van der Waals surface area contributed by atoms with Gasteiger partial charge >= 0.3 is 0 Å². The van der Waals surface area contributed by atoms with E-state index in [-0.39, 0.29) is 0 Å². The van der Waals surface area contributed by atoms with Gasteiger partial charge in [-0.2, -0.15) is 0 Å². The third-order valence-electron chi connectivity index (χ3n) is 7.88. The van der Waals surface area contributed by atoms with Gasteiger partial charge in [0.05, 0.1) is 0 Å². The fourth-order valence-corrected chi connectivity index (χ4v) is 6.52. The molecule has 0 heterocycles. The molecule has 0 unspecified atom stereocenters. The minimum atomic E-state index is 0.460. The lowest BCUT2D eigenvalue weighted by Crippen LogP contribution is -2.48. The topological polar surface area (TPSA) is 17.1 Å². The molecule has 0 aromatic rings. The second-order valence-electron chi connectivity index (χ2n) is 9.16. The summed E-state index contributed by atoms with van der Waals surface area (Å²) in [4.78, 5) is 11.9. The van der Waals surface area contributed by atoms with E-state index in [1.807, 2.05) is 11.1 Å².